The third-order valence-electron chi connectivity index (χ3n) is 1.92. The number of ketones is 1. The van der Waals surface area contributed by atoms with Gasteiger partial charge >= 0.3 is 5.97 Å². The minimum Gasteiger partial charge on any atom is -0.469 e. The van der Waals surface area contributed by atoms with Crippen molar-refractivity contribution < 1.29 is 14.3 Å². The number of rotatable bonds is 4. The van der Waals surface area contributed by atoms with Crippen LogP contribution in [0.25, 0.3) is 0 Å². The van der Waals surface area contributed by atoms with E-state index in [1.807, 2.05) is 28.7 Å². The highest BCUT2D eigenvalue weighted by molar-refractivity contribution is 14.1. The standard InChI is InChI=1S/C11H11IO3/c1-15-10(13)7-9(12)11(14)8-5-3-2-4-6-8/h2-6,9H,7H2,1H3. The van der Waals surface area contributed by atoms with Crippen LogP contribution in [0.2, 0.25) is 0 Å². The highest BCUT2D eigenvalue weighted by Gasteiger charge is 2.20. The van der Waals surface area contributed by atoms with Crippen molar-refractivity contribution in [3.63, 3.8) is 0 Å². The van der Waals surface area contributed by atoms with Crippen LogP contribution < -0.4 is 0 Å². The maximum Gasteiger partial charge on any atom is 0.307 e. The fourth-order valence-electron chi connectivity index (χ4n) is 1.11. The van der Waals surface area contributed by atoms with Crippen molar-refractivity contribution in [2.45, 2.75) is 10.3 Å². The third-order valence-corrected chi connectivity index (χ3v) is 2.92. The molecule has 1 aromatic rings. The van der Waals surface area contributed by atoms with E-state index in [4.69, 9.17) is 0 Å². The van der Waals surface area contributed by atoms with Crippen molar-refractivity contribution in [1.29, 1.82) is 0 Å². The second-order valence-corrected chi connectivity index (χ2v) is 4.48. The summed E-state index contributed by atoms with van der Waals surface area (Å²) in [4.78, 5) is 22.8. The van der Waals surface area contributed by atoms with Crippen molar-refractivity contribution in [1.82, 2.24) is 0 Å². The predicted molar refractivity (Wildman–Crippen MR) is 65.2 cm³/mol. The second kappa shape index (κ2) is 5.85. The highest BCUT2D eigenvalue weighted by Crippen LogP contribution is 2.14. The summed E-state index contributed by atoms with van der Waals surface area (Å²) >= 11 is 1.96. The fourth-order valence-corrected chi connectivity index (χ4v) is 1.82. The monoisotopic (exact) mass is 318 g/mol. The zero-order chi connectivity index (χ0) is 11.3. The molecule has 0 fully saturated rings. The first-order chi connectivity index (χ1) is 7.15. The Bertz CT molecular complexity index is 348. The Kier molecular flexibility index (Phi) is 4.74. The Hall–Kier alpha value is -0.910. The normalized spacial score (nSPS) is 11.9. The van der Waals surface area contributed by atoms with Crippen LogP contribution in [-0.2, 0) is 9.53 Å². The molecule has 1 aromatic carbocycles. The van der Waals surface area contributed by atoms with E-state index in [1.54, 1.807) is 24.3 Å². The number of benzene rings is 1. The topological polar surface area (TPSA) is 43.4 Å². The number of carbonyl (C=O) groups is 2. The van der Waals surface area contributed by atoms with E-state index in [0.29, 0.717) is 5.56 Å². The van der Waals surface area contributed by atoms with Crippen molar-refractivity contribution in [2.75, 3.05) is 7.11 Å². The molecule has 0 heterocycles. The number of halogens is 1. The lowest BCUT2D eigenvalue weighted by Crippen LogP contribution is -2.18. The van der Waals surface area contributed by atoms with Gasteiger partial charge in [0, 0.05) is 5.56 Å². The molecule has 1 unspecified atom stereocenters. The van der Waals surface area contributed by atoms with Gasteiger partial charge in [0.25, 0.3) is 0 Å². The van der Waals surface area contributed by atoms with E-state index >= 15 is 0 Å². The highest BCUT2D eigenvalue weighted by atomic mass is 127. The molecule has 80 valence electrons. The fraction of sp³-hybridized carbons (Fsp3) is 0.273. The minimum absolute atomic E-state index is 0.0402. The molecule has 1 atom stereocenters. The molecule has 0 saturated carbocycles. The predicted octanol–water partition coefficient (Wildman–Crippen LogP) is 2.24. The number of Topliss-reactive ketones (excluding diaryl/α,β-unsaturated/α-hetero) is 1. The number of esters is 1. The van der Waals surface area contributed by atoms with Crippen LogP contribution in [0.3, 0.4) is 0 Å². The van der Waals surface area contributed by atoms with Crippen LogP contribution in [0.5, 0.6) is 0 Å². The number of ether oxygens (including phenoxy) is 1. The van der Waals surface area contributed by atoms with E-state index < -0.39 is 0 Å². The Labute approximate surface area is 102 Å². The van der Waals surface area contributed by atoms with Crippen molar-refractivity contribution >= 4 is 34.3 Å². The summed E-state index contributed by atoms with van der Waals surface area (Å²) in [6.07, 6.45) is 0.116. The van der Waals surface area contributed by atoms with Gasteiger partial charge in [-0.25, -0.2) is 0 Å². The van der Waals surface area contributed by atoms with Crippen LogP contribution in [0.1, 0.15) is 16.8 Å². The van der Waals surface area contributed by atoms with E-state index in [-0.39, 0.29) is 22.1 Å². The van der Waals surface area contributed by atoms with Gasteiger partial charge in [-0.3, -0.25) is 9.59 Å². The van der Waals surface area contributed by atoms with Gasteiger partial charge in [-0.2, -0.15) is 0 Å². The number of methoxy groups -OCH3 is 1. The number of alkyl halides is 1. The Morgan fingerprint density at radius 1 is 1.33 bits per heavy atom. The molecule has 0 aliphatic heterocycles. The molecule has 4 heteroatoms. The lowest BCUT2D eigenvalue weighted by atomic mass is 10.1. The quantitative estimate of drug-likeness (QED) is 0.370. The first-order valence-electron chi connectivity index (χ1n) is 4.45. The van der Waals surface area contributed by atoms with E-state index in [0.717, 1.165) is 0 Å². The molecule has 0 aromatic heterocycles. The van der Waals surface area contributed by atoms with E-state index in [1.165, 1.54) is 7.11 Å². The summed E-state index contributed by atoms with van der Waals surface area (Å²) in [5, 5.41) is 0. The average Bonchev–Trinajstić information content (AvgIpc) is 2.29. The molecule has 0 aliphatic rings. The van der Waals surface area contributed by atoms with E-state index in [2.05, 4.69) is 4.74 Å². The van der Waals surface area contributed by atoms with Gasteiger partial charge in [0.15, 0.2) is 5.78 Å². The molecule has 0 aliphatic carbocycles. The maximum atomic E-state index is 11.8. The molecule has 3 nitrogen and oxygen atoms in total. The number of hydrogen-bond acceptors (Lipinski definition) is 3. The third kappa shape index (κ3) is 3.62. The molecule has 0 amide bonds. The van der Waals surface area contributed by atoms with Gasteiger partial charge in [0.05, 0.1) is 17.5 Å². The second-order valence-electron chi connectivity index (χ2n) is 2.98. The summed E-state index contributed by atoms with van der Waals surface area (Å²) in [5.41, 5.74) is 0.626. The van der Waals surface area contributed by atoms with Gasteiger partial charge in [0.2, 0.25) is 0 Å². The van der Waals surface area contributed by atoms with Gasteiger partial charge in [-0.15, -0.1) is 0 Å². The first-order valence-corrected chi connectivity index (χ1v) is 5.70. The van der Waals surface area contributed by atoms with Crippen LogP contribution in [0.4, 0.5) is 0 Å². The average molecular weight is 318 g/mol. The first kappa shape index (κ1) is 12.2. The molecular formula is C11H11IO3. The van der Waals surface area contributed by atoms with Crippen molar-refractivity contribution in [3.8, 4) is 0 Å². The molecule has 0 radical (unpaired) electrons. The van der Waals surface area contributed by atoms with Crippen LogP contribution >= 0.6 is 22.6 Å². The van der Waals surface area contributed by atoms with Crippen LogP contribution in [-0.4, -0.2) is 22.8 Å². The SMILES string of the molecule is COC(=O)CC(I)C(=O)c1ccccc1. The minimum atomic E-state index is -0.363. The largest absolute Gasteiger partial charge is 0.469 e. The number of hydrogen-bond donors (Lipinski definition) is 0. The van der Waals surface area contributed by atoms with E-state index in [9.17, 15) is 9.59 Å². The lowest BCUT2D eigenvalue weighted by molar-refractivity contribution is -0.140. The molecular weight excluding hydrogens is 307 g/mol. The zero-order valence-corrected chi connectivity index (χ0v) is 10.4. The summed E-state index contributed by atoms with van der Waals surface area (Å²) in [6.45, 7) is 0. The smallest absolute Gasteiger partial charge is 0.307 e. The van der Waals surface area contributed by atoms with Gasteiger partial charge in [-0.05, 0) is 0 Å². The zero-order valence-electron chi connectivity index (χ0n) is 8.27. The van der Waals surface area contributed by atoms with Crippen LogP contribution in [0.15, 0.2) is 30.3 Å². The Morgan fingerprint density at radius 3 is 2.47 bits per heavy atom. The number of carbonyl (C=O) groups excluding carboxylic acids is 2. The molecule has 0 N–H and O–H groups in total. The Balaban J connectivity index is 2.65. The molecule has 0 spiro atoms. The van der Waals surface area contributed by atoms with Gasteiger partial charge in [-0.1, -0.05) is 52.9 Å². The molecule has 15 heavy (non-hydrogen) atoms. The van der Waals surface area contributed by atoms with Crippen molar-refractivity contribution in [3.05, 3.63) is 35.9 Å². The summed E-state index contributed by atoms with van der Waals surface area (Å²) in [6, 6.07) is 8.93. The van der Waals surface area contributed by atoms with Gasteiger partial charge in [0.1, 0.15) is 0 Å². The molecule has 0 saturated heterocycles. The molecule has 1 rings (SSSR count). The summed E-state index contributed by atoms with van der Waals surface area (Å²) in [5.74, 6) is -0.403. The Morgan fingerprint density at radius 2 is 1.93 bits per heavy atom. The summed E-state index contributed by atoms with van der Waals surface area (Å²) in [7, 11) is 1.32. The van der Waals surface area contributed by atoms with Crippen LogP contribution in [0, 0.1) is 0 Å². The van der Waals surface area contributed by atoms with Gasteiger partial charge < -0.3 is 4.74 Å². The summed E-state index contributed by atoms with van der Waals surface area (Å²) < 4.78 is 4.15. The molecule has 0 bridgehead atoms. The maximum absolute atomic E-state index is 11.8. The van der Waals surface area contributed by atoms with Crippen molar-refractivity contribution in [2.24, 2.45) is 0 Å². The lowest BCUT2D eigenvalue weighted by Gasteiger charge is -2.07.